The monoisotopic (exact) mass is 487 g/mol. The number of hydrogen-bond acceptors (Lipinski definition) is 7. The molecule has 36 heavy (non-hydrogen) atoms. The lowest BCUT2D eigenvalue weighted by molar-refractivity contribution is -0.137. The molecule has 4 rings (SSSR count). The fourth-order valence-corrected chi connectivity index (χ4v) is 3.65. The third kappa shape index (κ3) is 5.33. The Bertz CT molecular complexity index is 1420. The number of anilines is 3. The first kappa shape index (κ1) is 24.4. The van der Waals surface area contributed by atoms with Crippen LogP contribution in [-0.2, 0) is 11.2 Å². The van der Waals surface area contributed by atoms with Crippen LogP contribution in [0.3, 0.4) is 0 Å². The first-order valence-electron chi connectivity index (χ1n) is 11.4. The van der Waals surface area contributed by atoms with Crippen LogP contribution in [0.25, 0.3) is 5.82 Å². The molecule has 10 heteroatoms. The fraction of sp³-hybridized carbons (Fsp3) is 0.192. The molecule has 1 amide bonds. The molecule has 0 aliphatic carbocycles. The number of carboxylic acid groups (broad SMARTS) is 1. The Balaban J connectivity index is 1.39. The van der Waals surface area contributed by atoms with E-state index in [-0.39, 0.29) is 23.7 Å². The highest BCUT2D eigenvalue weighted by molar-refractivity contribution is 6.04. The summed E-state index contributed by atoms with van der Waals surface area (Å²) in [5, 5.41) is 18.0. The summed E-state index contributed by atoms with van der Waals surface area (Å²) < 4.78 is 1.85. The average molecular weight is 488 g/mol. The number of aromatic nitrogens is 2. The lowest BCUT2D eigenvalue weighted by Gasteiger charge is -2.19. The Kier molecular flexibility index (Phi) is 7.24. The van der Waals surface area contributed by atoms with Crippen molar-refractivity contribution in [3.8, 4) is 5.82 Å². The number of carbonyl (C=O) groups excluding carboxylic acids is 1. The van der Waals surface area contributed by atoms with Gasteiger partial charge in [-0.15, -0.1) is 0 Å². The molecule has 0 unspecified atom stereocenters. The molecule has 2 heterocycles. The predicted octanol–water partition coefficient (Wildman–Crippen LogP) is 2.65. The van der Waals surface area contributed by atoms with Gasteiger partial charge in [-0.25, -0.2) is 9.78 Å². The Labute approximate surface area is 206 Å². The van der Waals surface area contributed by atoms with E-state index in [0.29, 0.717) is 23.4 Å². The van der Waals surface area contributed by atoms with E-state index in [1.54, 1.807) is 42.6 Å². The van der Waals surface area contributed by atoms with Crippen molar-refractivity contribution < 1.29 is 14.7 Å². The van der Waals surface area contributed by atoms with Gasteiger partial charge >= 0.3 is 5.97 Å². The third-order valence-electron chi connectivity index (χ3n) is 5.61. The first-order chi connectivity index (χ1) is 17.4. The molecule has 1 atom stereocenters. The van der Waals surface area contributed by atoms with E-state index < -0.39 is 22.9 Å². The molecule has 2 aromatic heterocycles. The number of amides is 1. The molecule has 0 aliphatic rings. The number of pyridine rings is 1. The number of carbonyl (C=O) groups is 2. The summed E-state index contributed by atoms with van der Waals surface area (Å²) in [4.78, 5) is 52.5. The van der Waals surface area contributed by atoms with E-state index in [1.807, 2.05) is 36.0 Å². The van der Waals surface area contributed by atoms with Crippen LogP contribution in [0.2, 0.25) is 0 Å². The van der Waals surface area contributed by atoms with Crippen molar-refractivity contribution in [2.24, 2.45) is 0 Å². The standard InChI is InChI=1S/C26H25N5O5/c1-2-11-27-21-22(24(33)23(21)32)30-19(26(35)36)14-16-5-7-17(8-6-16)25(34)29-18-9-10-20(28-15-18)31-12-3-4-13-31/h3-10,12-13,15,19,27,30H,2,11,14H2,1H3,(H,29,34)(H,35,36)/t19-/m0/s1. The van der Waals surface area contributed by atoms with Crippen molar-refractivity contribution in [3.05, 3.63) is 98.7 Å². The molecule has 184 valence electrons. The van der Waals surface area contributed by atoms with Gasteiger partial charge in [0.1, 0.15) is 23.2 Å². The average Bonchev–Trinajstić information content (AvgIpc) is 3.43. The summed E-state index contributed by atoms with van der Waals surface area (Å²) in [7, 11) is 0. The third-order valence-corrected chi connectivity index (χ3v) is 5.61. The molecule has 10 nitrogen and oxygen atoms in total. The number of nitrogens with zero attached hydrogens (tertiary/aromatic N) is 2. The van der Waals surface area contributed by atoms with Gasteiger partial charge in [-0.2, -0.15) is 0 Å². The van der Waals surface area contributed by atoms with Crippen LogP contribution in [0.15, 0.2) is 76.7 Å². The van der Waals surface area contributed by atoms with Crippen molar-refractivity contribution in [1.82, 2.24) is 9.55 Å². The van der Waals surface area contributed by atoms with Crippen molar-refractivity contribution >= 4 is 28.9 Å². The molecule has 0 bridgehead atoms. The second-order valence-corrected chi connectivity index (χ2v) is 8.22. The van der Waals surface area contributed by atoms with Crippen LogP contribution in [0, 0.1) is 0 Å². The van der Waals surface area contributed by atoms with Gasteiger partial charge < -0.3 is 25.6 Å². The minimum absolute atomic E-state index is 0.00625. The van der Waals surface area contributed by atoms with Gasteiger partial charge in [-0.3, -0.25) is 14.4 Å². The van der Waals surface area contributed by atoms with Gasteiger partial charge in [0.15, 0.2) is 0 Å². The van der Waals surface area contributed by atoms with Gasteiger partial charge in [-0.1, -0.05) is 19.1 Å². The Morgan fingerprint density at radius 1 is 1.00 bits per heavy atom. The van der Waals surface area contributed by atoms with Crippen molar-refractivity contribution in [2.75, 3.05) is 22.5 Å². The zero-order chi connectivity index (χ0) is 25.7. The molecule has 0 saturated heterocycles. The molecule has 0 radical (unpaired) electrons. The second kappa shape index (κ2) is 10.7. The Morgan fingerprint density at radius 3 is 2.31 bits per heavy atom. The maximum Gasteiger partial charge on any atom is 0.326 e. The van der Waals surface area contributed by atoms with E-state index in [1.165, 1.54) is 0 Å². The van der Waals surface area contributed by atoms with Crippen molar-refractivity contribution in [3.63, 3.8) is 0 Å². The van der Waals surface area contributed by atoms with Gasteiger partial charge in [0.05, 0.1) is 11.9 Å². The smallest absolute Gasteiger partial charge is 0.326 e. The largest absolute Gasteiger partial charge is 0.480 e. The van der Waals surface area contributed by atoms with Crippen LogP contribution in [-0.4, -0.2) is 39.1 Å². The Morgan fingerprint density at radius 2 is 1.69 bits per heavy atom. The molecule has 4 aromatic rings. The molecule has 4 N–H and O–H groups in total. The maximum atomic E-state index is 12.6. The molecule has 0 fully saturated rings. The highest BCUT2D eigenvalue weighted by Crippen LogP contribution is 2.18. The fourth-order valence-electron chi connectivity index (χ4n) is 3.65. The van der Waals surface area contributed by atoms with Crippen molar-refractivity contribution in [2.45, 2.75) is 25.8 Å². The van der Waals surface area contributed by atoms with Gasteiger partial charge in [-0.05, 0) is 48.4 Å². The van der Waals surface area contributed by atoms with E-state index >= 15 is 0 Å². The summed E-state index contributed by atoms with van der Waals surface area (Å²) in [6, 6.07) is 12.7. The van der Waals surface area contributed by atoms with Crippen molar-refractivity contribution in [1.29, 1.82) is 0 Å². The zero-order valence-corrected chi connectivity index (χ0v) is 19.5. The minimum atomic E-state index is -1.16. The quantitative estimate of drug-likeness (QED) is 0.237. The molecule has 0 saturated carbocycles. The molecule has 0 aliphatic heterocycles. The van der Waals surface area contributed by atoms with Gasteiger partial charge in [0, 0.05) is 30.9 Å². The number of rotatable bonds is 11. The van der Waals surface area contributed by atoms with Crippen LogP contribution in [0.4, 0.5) is 17.1 Å². The summed E-state index contributed by atoms with van der Waals surface area (Å²) in [6.07, 6.45) is 6.10. The number of nitrogens with one attached hydrogen (secondary N) is 3. The maximum absolute atomic E-state index is 12.6. The van der Waals surface area contributed by atoms with E-state index in [9.17, 15) is 24.3 Å². The van der Waals surface area contributed by atoms with Crippen LogP contribution in [0.5, 0.6) is 0 Å². The normalized spacial score (nSPS) is 11.7. The highest BCUT2D eigenvalue weighted by atomic mass is 16.4. The minimum Gasteiger partial charge on any atom is -0.480 e. The molecular weight excluding hydrogens is 462 g/mol. The molecule has 2 aromatic carbocycles. The Hall–Kier alpha value is -4.73. The van der Waals surface area contributed by atoms with Crippen LogP contribution >= 0.6 is 0 Å². The van der Waals surface area contributed by atoms with E-state index in [2.05, 4.69) is 20.9 Å². The predicted molar refractivity (Wildman–Crippen MR) is 137 cm³/mol. The number of benzene rings is 1. The highest BCUT2D eigenvalue weighted by Gasteiger charge is 2.26. The van der Waals surface area contributed by atoms with Crippen LogP contribution in [0.1, 0.15) is 29.3 Å². The number of aliphatic carboxylic acids is 1. The summed E-state index contributed by atoms with van der Waals surface area (Å²) in [5.41, 5.74) is 0.301. The summed E-state index contributed by atoms with van der Waals surface area (Å²) in [6.45, 7) is 2.40. The molecule has 0 spiro atoms. The lowest BCUT2D eigenvalue weighted by Crippen LogP contribution is -2.42. The first-order valence-corrected chi connectivity index (χ1v) is 11.4. The van der Waals surface area contributed by atoms with Gasteiger partial charge in [0.2, 0.25) is 0 Å². The number of hydrogen-bond donors (Lipinski definition) is 4. The van der Waals surface area contributed by atoms with E-state index in [0.717, 1.165) is 12.2 Å². The van der Waals surface area contributed by atoms with Gasteiger partial charge in [0.25, 0.3) is 16.8 Å². The van der Waals surface area contributed by atoms with E-state index in [4.69, 9.17) is 0 Å². The zero-order valence-electron chi connectivity index (χ0n) is 19.5. The molecular formula is C26H25N5O5. The SMILES string of the molecule is CCCNc1c(N[C@@H](Cc2ccc(C(=O)Nc3ccc(-n4cccc4)nc3)cc2)C(=O)O)c(=O)c1=O. The summed E-state index contributed by atoms with van der Waals surface area (Å²) in [5.74, 6) is -0.775. The summed E-state index contributed by atoms with van der Waals surface area (Å²) >= 11 is 0. The van der Waals surface area contributed by atoms with Crippen LogP contribution < -0.4 is 26.8 Å². The topological polar surface area (TPSA) is 142 Å². The second-order valence-electron chi connectivity index (χ2n) is 8.22. The number of carboxylic acids is 1. The lowest BCUT2D eigenvalue weighted by atomic mass is 10.0.